The molecule has 1 rings (SSSR count). The first-order valence-electron chi connectivity index (χ1n) is 5.70. The van der Waals surface area contributed by atoms with Gasteiger partial charge < -0.3 is 4.74 Å². The van der Waals surface area contributed by atoms with Crippen LogP contribution >= 0.6 is 0 Å². The maximum atomic E-state index is 12.7. The maximum absolute atomic E-state index is 12.7. The third-order valence-corrected chi connectivity index (χ3v) is 3.90. The minimum Gasteiger partial charge on any atom is -0.371 e. The van der Waals surface area contributed by atoms with E-state index in [0.717, 1.165) is 0 Å². The zero-order chi connectivity index (χ0) is 10.9. The van der Waals surface area contributed by atoms with Crippen molar-refractivity contribution < 1.29 is 9.13 Å². The highest BCUT2D eigenvalue weighted by molar-refractivity contribution is 4.86. The summed E-state index contributed by atoms with van der Waals surface area (Å²) in [6.45, 7) is 10.5. The van der Waals surface area contributed by atoms with Crippen LogP contribution in [-0.2, 0) is 4.74 Å². The molecule has 0 aromatic rings. The Kier molecular flexibility index (Phi) is 3.94. The predicted octanol–water partition coefficient (Wildman–Crippen LogP) is 3.29. The number of rotatable bonds is 2. The van der Waals surface area contributed by atoms with Crippen molar-refractivity contribution in [3.63, 3.8) is 0 Å². The molecular formula is C12H23FO. The van der Waals surface area contributed by atoms with E-state index < -0.39 is 0 Å². The van der Waals surface area contributed by atoms with Crippen LogP contribution in [0.3, 0.4) is 0 Å². The lowest BCUT2D eigenvalue weighted by atomic mass is 9.74. The second kappa shape index (κ2) is 4.61. The van der Waals surface area contributed by atoms with Gasteiger partial charge in [-0.15, -0.1) is 0 Å². The summed E-state index contributed by atoms with van der Waals surface area (Å²) in [7, 11) is 0. The van der Waals surface area contributed by atoms with Crippen molar-refractivity contribution in [2.24, 2.45) is 23.7 Å². The van der Waals surface area contributed by atoms with Gasteiger partial charge in [-0.1, -0.05) is 34.6 Å². The lowest BCUT2D eigenvalue weighted by Crippen LogP contribution is -2.47. The normalized spacial score (nSPS) is 44.4. The molecule has 1 aliphatic heterocycles. The molecule has 0 amide bonds. The molecule has 0 aromatic heterocycles. The lowest BCUT2D eigenvalue weighted by molar-refractivity contribution is -0.154. The number of alkyl halides is 1. The Morgan fingerprint density at radius 3 is 2.07 bits per heavy atom. The van der Waals surface area contributed by atoms with Crippen LogP contribution in [0.25, 0.3) is 0 Å². The largest absolute Gasteiger partial charge is 0.371 e. The highest BCUT2D eigenvalue weighted by Crippen LogP contribution is 2.37. The molecule has 1 saturated heterocycles. The van der Waals surface area contributed by atoms with E-state index in [1.54, 1.807) is 0 Å². The second-order valence-electron chi connectivity index (χ2n) is 5.11. The molecule has 0 aliphatic carbocycles. The Labute approximate surface area is 87.0 Å². The van der Waals surface area contributed by atoms with Crippen molar-refractivity contribution in [2.45, 2.75) is 46.8 Å². The summed E-state index contributed by atoms with van der Waals surface area (Å²) in [4.78, 5) is 0. The van der Waals surface area contributed by atoms with Crippen LogP contribution in [0.2, 0.25) is 0 Å². The Hall–Kier alpha value is -0.110. The summed E-state index contributed by atoms with van der Waals surface area (Å²) >= 11 is 0. The van der Waals surface area contributed by atoms with Crippen molar-refractivity contribution in [1.29, 1.82) is 0 Å². The molecule has 0 radical (unpaired) electrons. The smallest absolute Gasteiger partial charge is 0.116 e. The van der Waals surface area contributed by atoms with Gasteiger partial charge in [0.15, 0.2) is 0 Å². The van der Waals surface area contributed by atoms with Gasteiger partial charge >= 0.3 is 0 Å². The van der Waals surface area contributed by atoms with Gasteiger partial charge in [0.25, 0.3) is 0 Å². The van der Waals surface area contributed by atoms with Gasteiger partial charge in [0.05, 0.1) is 12.2 Å². The van der Waals surface area contributed by atoms with E-state index in [-0.39, 0.29) is 18.9 Å². The Balaban J connectivity index is 2.73. The molecule has 1 aliphatic rings. The summed E-state index contributed by atoms with van der Waals surface area (Å²) in [6.07, 6.45) is 0.0375. The van der Waals surface area contributed by atoms with Gasteiger partial charge in [-0.05, 0) is 23.7 Å². The third kappa shape index (κ3) is 2.10. The zero-order valence-corrected chi connectivity index (χ0v) is 9.96. The summed E-state index contributed by atoms with van der Waals surface area (Å²) in [5.74, 6) is 1.91. The van der Waals surface area contributed by atoms with Crippen LogP contribution in [0, 0.1) is 23.7 Å². The van der Waals surface area contributed by atoms with Crippen molar-refractivity contribution in [3.05, 3.63) is 0 Å². The third-order valence-electron chi connectivity index (χ3n) is 3.90. The molecule has 1 heterocycles. The first-order chi connectivity index (χ1) is 6.49. The monoisotopic (exact) mass is 202 g/mol. The van der Waals surface area contributed by atoms with E-state index in [4.69, 9.17) is 4.74 Å². The Morgan fingerprint density at radius 1 is 1.07 bits per heavy atom. The summed E-state index contributed by atoms with van der Waals surface area (Å²) in [5.41, 5.74) is 0. The number of hydrogen-bond donors (Lipinski definition) is 0. The first-order valence-corrected chi connectivity index (χ1v) is 5.70. The first kappa shape index (κ1) is 12.0. The molecular weight excluding hydrogens is 179 g/mol. The standard InChI is InChI=1S/C12H23FO/c1-7(2)12-10(5)8(3)9(4)11(6-13)14-12/h7-12H,6H2,1-5H3/t8-,9-,10+,11+,12-/m0/s1. The average molecular weight is 202 g/mol. The van der Waals surface area contributed by atoms with Crippen LogP contribution in [0.15, 0.2) is 0 Å². The van der Waals surface area contributed by atoms with Gasteiger partial charge in [0.1, 0.15) is 6.67 Å². The van der Waals surface area contributed by atoms with Crippen LogP contribution in [0.5, 0.6) is 0 Å². The molecule has 0 aromatic carbocycles. The van der Waals surface area contributed by atoms with Crippen molar-refractivity contribution in [3.8, 4) is 0 Å². The van der Waals surface area contributed by atoms with Crippen molar-refractivity contribution >= 4 is 0 Å². The molecule has 0 spiro atoms. The molecule has 84 valence electrons. The number of ether oxygens (including phenoxy) is 1. The topological polar surface area (TPSA) is 9.23 Å². The van der Waals surface area contributed by atoms with E-state index in [1.165, 1.54) is 0 Å². The van der Waals surface area contributed by atoms with Crippen LogP contribution in [-0.4, -0.2) is 18.9 Å². The fourth-order valence-electron chi connectivity index (χ4n) is 2.51. The molecule has 5 atom stereocenters. The van der Waals surface area contributed by atoms with E-state index in [9.17, 15) is 4.39 Å². The molecule has 1 fully saturated rings. The molecule has 0 N–H and O–H groups in total. The summed E-state index contributed by atoms with van der Waals surface area (Å²) in [5, 5.41) is 0. The van der Waals surface area contributed by atoms with Crippen LogP contribution in [0.1, 0.15) is 34.6 Å². The quantitative estimate of drug-likeness (QED) is 0.667. The molecule has 0 unspecified atom stereocenters. The summed E-state index contributed by atoms with van der Waals surface area (Å²) in [6, 6.07) is 0. The van der Waals surface area contributed by atoms with Crippen LogP contribution < -0.4 is 0 Å². The van der Waals surface area contributed by atoms with E-state index in [2.05, 4.69) is 34.6 Å². The molecule has 0 bridgehead atoms. The van der Waals surface area contributed by atoms with Crippen LogP contribution in [0.4, 0.5) is 4.39 Å². The highest BCUT2D eigenvalue weighted by atomic mass is 19.1. The van der Waals surface area contributed by atoms with Crippen molar-refractivity contribution in [1.82, 2.24) is 0 Å². The van der Waals surface area contributed by atoms with Gasteiger partial charge in [0, 0.05) is 0 Å². The molecule has 2 heteroatoms. The molecule has 14 heavy (non-hydrogen) atoms. The fraction of sp³-hybridized carbons (Fsp3) is 1.00. The highest BCUT2D eigenvalue weighted by Gasteiger charge is 2.39. The van der Waals surface area contributed by atoms with Gasteiger partial charge in [0.2, 0.25) is 0 Å². The number of hydrogen-bond acceptors (Lipinski definition) is 1. The minimum atomic E-state index is -0.346. The second-order valence-corrected chi connectivity index (χ2v) is 5.11. The SMILES string of the molecule is CC(C)[C@@H]1O[C@H](CF)[C@@H](C)[C@H](C)[C@H]1C. The van der Waals surface area contributed by atoms with Crippen molar-refractivity contribution in [2.75, 3.05) is 6.67 Å². The number of halogens is 1. The van der Waals surface area contributed by atoms with Gasteiger partial charge in [-0.2, -0.15) is 0 Å². The fourth-order valence-corrected chi connectivity index (χ4v) is 2.51. The van der Waals surface area contributed by atoms with E-state index in [1.807, 2.05) is 0 Å². The minimum absolute atomic E-state index is 0.186. The lowest BCUT2D eigenvalue weighted by Gasteiger charge is -2.44. The molecule has 0 saturated carbocycles. The Morgan fingerprint density at radius 2 is 1.64 bits per heavy atom. The molecule has 1 nitrogen and oxygen atoms in total. The zero-order valence-electron chi connectivity index (χ0n) is 9.96. The summed E-state index contributed by atoms with van der Waals surface area (Å²) < 4.78 is 18.6. The van der Waals surface area contributed by atoms with Gasteiger partial charge in [-0.25, -0.2) is 4.39 Å². The predicted molar refractivity (Wildman–Crippen MR) is 57.0 cm³/mol. The van der Waals surface area contributed by atoms with Gasteiger partial charge in [-0.3, -0.25) is 0 Å². The Bertz CT molecular complexity index is 179. The average Bonchev–Trinajstić information content (AvgIpc) is 2.14. The maximum Gasteiger partial charge on any atom is 0.116 e. The van der Waals surface area contributed by atoms with E-state index >= 15 is 0 Å². The van der Waals surface area contributed by atoms with E-state index in [0.29, 0.717) is 23.7 Å².